The Labute approximate surface area is 127 Å². The topological polar surface area (TPSA) is 82.0 Å². The van der Waals surface area contributed by atoms with E-state index in [4.69, 9.17) is 9.84 Å². The van der Waals surface area contributed by atoms with Gasteiger partial charge in [0.25, 0.3) is 0 Å². The van der Waals surface area contributed by atoms with Crippen LogP contribution in [0, 0.1) is 5.92 Å². The highest BCUT2D eigenvalue weighted by atomic mass is 16.6. The molecule has 6 heteroatoms. The van der Waals surface area contributed by atoms with Crippen molar-refractivity contribution >= 4 is 6.09 Å². The van der Waals surface area contributed by atoms with E-state index in [9.17, 15) is 9.90 Å². The maximum Gasteiger partial charge on any atom is 0.410 e. The molecule has 124 valence electrons. The van der Waals surface area contributed by atoms with Gasteiger partial charge in [0.05, 0.1) is 12.7 Å². The Balaban J connectivity index is 2.46. The van der Waals surface area contributed by atoms with Crippen molar-refractivity contribution in [1.82, 2.24) is 10.2 Å². The molecule has 0 aromatic carbocycles. The van der Waals surface area contributed by atoms with Gasteiger partial charge in [0.2, 0.25) is 0 Å². The summed E-state index contributed by atoms with van der Waals surface area (Å²) >= 11 is 0. The minimum absolute atomic E-state index is 0.177. The highest BCUT2D eigenvalue weighted by Gasteiger charge is 2.30. The van der Waals surface area contributed by atoms with Crippen LogP contribution in [0.1, 0.15) is 40.5 Å². The largest absolute Gasteiger partial charge is 0.444 e. The summed E-state index contributed by atoms with van der Waals surface area (Å²) in [4.78, 5) is 13.9. The SMILES string of the molecule is CC(NCC(O)CO)C1CCCN(C(=O)OC(C)(C)C)C1. The van der Waals surface area contributed by atoms with Gasteiger partial charge in [-0.15, -0.1) is 0 Å². The third-order valence-electron chi connectivity index (χ3n) is 3.70. The van der Waals surface area contributed by atoms with Crippen molar-refractivity contribution < 1.29 is 19.7 Å². The maximum atomic E-state index is 12.1. The fourth-order valence-electron chi connectivity index (χ4n) is 2.46. The van der Waals surface area contributed by atoms with Crippen LogP contribution in [0.15, 0.2) is 0 Å². The highest BCUT2D eigenvalue weighted by Crippen LogP contribution is 2.21. The summed E-state index contributed by atoms with van der Waals surface area (Å²) in [6.45, 7) is 9.17. The molecule has 1 heterocycles. The van der Waals surface area contributed by atoms with Gasteiger partial charge in [0.1, 0.15) is 5.60 Å². The van der Waals surface area contributed by atoms with Gasteiger partial charge in [-0.25, -0.2) is 4.79 Å². The number of piperidine rings is 1. The van der Waals surface area contributed by atoms with E-state index in [1.54, 1.807) is 4.90 Å². The van der Waals surface area contributed by atoms with Crippen LogP contribution in [0.3, 0.4) is 0 Å². The van der Waals surface area contributed by atoms with E-state index in [1.807, 2.05) is 27.7 Å². The number of hydrogen-bond acceptors (Lipinski definition) is 5. The van der Waals surface area contributed by atoms with Crippen molar-refractivity contribution in [1.29, 1.82) is 0 Å². The molecule has 6 nitrogen and oxygen atoms in total. The standard InChI is InChI=1S/C15H30N2O4/c1-11(16-8-13(19)10-18)12-6-5-7-17(9-12)14(20)21-15(2,3)4/h11-13,16,18-19H,5-10H2,1-4H3. The van der Waals surface area contributed by atoms with Gasteiger partial charge >= 0.3 is 6.09 Å². The molecule has 1 aliphatic heterocycles. The van der Waals surface area contributed by atoms with E-state index < -0.39 is 11.7 Å². The van der Waals surface area contributed by atoms with Crippen LogP contribution in [-0.2, 0) is 4.74 Å². The molecule has 21 heavy (non-hydrogen) atoms. The second-order valence-electron chi connectivity index (χ2n) is 6.86. The molecule has 0 spiro atoms. The maximum absolute atomic E-state index is 12.1. The number of likely N-dealkylation sites (tertiary alicyclic amines) is 1. The minimum Gasteiger partial charge on any atom is -0.444 e. The predicted octanol–water partition coefficient (Wildman–Crippen LogP) is 0.965. The summed E-state index contributed by atoms with van der Waals surface area (Å²) in [6.07, 6.45) is 1.01. The summed E-state index contributed by atoms with van der Waals surface area (Å²) in [5, 5.41) is 21.4. The fourth-order valence-corrected chi connectivity index (χ4v) is 2.46. The van der Waals surface area contributed by atoms with Crippen molar-refractivity contribution in [3.63, 3.8) is 0 Å². The van der Waals surface area contributed by atoms with E-state index in [-0.39, 0.29) is 18.7 Å². The van der Waals surface area contributed by atoms with Crippen molar-refractivity contribution in [3.8, 4) is 0 Å². The smallest absolute Gasteiger partial charge is 0.410 e. The summed E-state index contributed by atoms with van der Waals surface area (Å²) < 4.78 is 5.41. The number of nitrogens with one attached hydrogen (secondary N) is 1. The normalized spacial score (nSPS) is 22.8. The van der Waals surface area contributed by atoms with Crippen molar-refractivity contribution in [2.24, 2.45) is 5.92 Å². The second kappa shape index (κ2) is 7.96. The predicted molar refractivity (Wildman–Crippen MR) is 81.1 cm³/mol. The molecule has 1 saturated heterocycles. The van der Waals surface area contributed by atoms with E-state index in [0.717, 1.165) is 19.4 Å². The number of aliphatic hydroxyl groups is 2. The van der Waals surface area contributed by atoms with E-state index in [1.165, 1.54) is 0 Å². The van der Waals surface area contributed by atoms with Gasteiger partial charge in [-0.1, -0.05) is 0 Å². The summed E-state index contributed by atoms with van der Waals surface area (Å²) in [5.74, 6) is 0.331. The number of carbonyl (C=O) groups excluding carboxylic acids is 1. The van der Waals surface area contributed by atoms with Gasteiger partial charge < -0.3 is 25.2 Å². The van der Waals surface area contributed by atoms with Gasteiger partial charge in [0, 0.05) is 25.7 Å². The summed E-state index contributed by atoms with van der Waals surface area (Å²) in [7, 11) is 0. The zero-order chi connectivity index (χ0) is 16.0. The van der Waals surface area contributed by atoms with Crippen LogP contribution in [-0.4, -0.2) is 65.2 Å². The zero-order valence-corrected chi connectivity index (χ0v) is 13.6. The highest BCUT2D eigenvalue weighted by molar-refractivity contribution is 5.68. The molecule has 3 unspecified atom stereocenters. The zero-order valence-electron chi connectivity index (χ0n) is 13.6. The Morgan fingerprint density at radius 1 is 1.48 bits per heavy atom. The molecule has 1 fully saturated rings. The van der Waals surface area contributed by atoms with Crippen LogP contribution in [0.25, 0.3) is 0 Å². The van der Waals surface area contributed by atoms with E-state index in [2.05, 4.69) is 5.32 Å². The van der Waals surface area contributed by atoms with E-state index in [0.29, 0.717) is 19.0 Å². The molecule has 0 radical (unpaired) electrons. The molecule has 3 atom stereocenters. The van der Waals surface area contributed by atoms with Crippen molar-refractivity contribution in [3.05, 3.63) is 0 Å². The third kappa shape index (κ3) is 6.63. The van der Waals surface area contributed by atoms with Crippen LogP contribution in [0.4, 0.5) is 4.79 Å². The van der Waals surface area contributed by atoms with Gasteiger partial charge in [-0.3, -0.25) is 0 Å². The average molecular weight is 302 g/mol. The van der Waals surface area contributed by atoms with Gasteiger partial charge in [-0.2, -0.15) is 0 Å². The van der Waals surface area contributed by atoms with Gasteiger partial charge in [0.15, 0.2) is 0 Å². The third-order valence-corrected chi connectivity index (χ3v) is 3.70. The minimum atomic E-state index is -0.738. The molecule has 0 aromatic rings. The number of hydrogen-bond donors (Lipinski definition) is 3. The second-order valence-corrected chi connectivity index (χ2v) is 6.86. The monoisotopic (exact) mass is 302 g/mol. The fraction of sp³-hybridized carbons (Fsp3) is 0.933. The molecule has 0 saturated carbocycles. The number of rotatable bonds is 5. The van der Waals surface area contributed by atoms with E-state index >= 15 is 0 Å². The van der Waals surface area contributed by atoms with Crippen LogP contribution >= 0.6 is 0 Å². The first-order valence-corrected chi connectivity index (χ1v) is 7.73. The number of nitrogens with zero attached hydrogens (tertiary/aromatic N) is 1. The average Bonchev–Trinajstić information content (AvgIpc) is 2.42. The Hall–Kier alpha value is -0.850. The van der Waals surface area contributed by atoms with Crippen molar-refractivity contribution in [2.75, 3.05) is 26.2 Å². The Bertz CT molecular complexity index is 330. The lowest BCUT2D eigenvalue weighted by Gasteiger charge is -2.37. The number of amides is 1. The number of aliphatic hydroxyl groups excluding tert-OH is 2. The first-order valence-electron chi connectivity index (χ1n) is 7.73. The molecular formula is C15H30N2O4. The Kier molecular flexibility index (Phi) is 6.90. The summed E-state index contributed by atoms with van der Waals surface area (Å²) in [5.41, 5.74) is -0.473. The molecular weight excluding hydrogens is 272 g/mol. The summed E-state index contributed by atoms with van der Waals surface area (Å²) in [6, 6.07) is 0.177. The lowest BCUT2D eigenvalue weighted by atomic mass is 9.91. The van der Waals surface area contributed by atoms with Crippen LogP contribution in [0.2, 0.25) is 0 Å². The number of ether oxygens (including phenoxy) is 1. The quantitative estimate of drug-likeness (QED) is 0.705. The molecule has 0 aliphatic carbocycles. The van der Waals surface area contributed by atoms with Crippen molar-refractivity contribution in [2.45, 2.75) is 58.3 Å². The Morgan fingerprint density at radius 2 is 2.14 bits per heavy atom. The molecule has 0 bridgehead atoms. The molecule has 0 aromatic heterocycles. The lowest BCUT2D eigenvalue weighted by molar-refractivity contribution is 0.0143. The molecule has 1 aliphatic rings. The number of carbonyl (C=O) groups is 1. The van der Waals surface area contributed by atoms with Crippen LogP contribution < -0.4 is 5.32 Å². The lowest BCUT2D eigenvalue weighted by Crippen LogP contribution is -2.49. The first-order chi connectivity index (χ1) is 9.73. The van der Waals surface area contributed by atoms with Gasteiger partial charge in [-0.05, 0) is 46.5 Å². The Morgan fingerprint density at radius 3 is 2.71 bits per heavy atom. The molecule has 1 amide bonds. The molecule has 1 rings (SSSR count). The molecule has 3 N–H and O–H groups in total. The van der Waals surface area contributed by atoms with Crippen LogP contribution in [0.5, 0.6) is 0 Å². The first kappa shape index (κ1) is 18.2.